The van der Waals surface area contributed by atoms with Gasteiger partial charge in [0.15, 0.2) is 12.0 Å². The first kappa shape index (κ1) is 30.3. The molecule has 0 saturated carbocycles. The number of nitrogens with zero attached hydrogens (tertiary/aromatic N) is 3. The monoisotopic (exact) mass is 618 g/mol. The van der Waals surface area contributed by atoms with Crippen molar-refractivity contribution in [1.82, 2.24) is 9.29 Å². The number of guanidine groups is 1. The van der Waals surface area contributed by atoms with Crippen LogP contribution in [0.1, 0.15) is 35.2 Å². The normalized spacial score (nSPS) is 15.2. The van der Waals surface area contributed by atoms with E-state index in [9.17, 15) is 23.1 Å². The van der Waals surface area contributed by atoms with Gasteiger partial charge in [0.25, 0.3) is 5.91 Å². The number of aliphatic imine (C=N–C) groups is 1. The summed E-state index contributed by atoms with van der Waals surface area (Å²) >= 11 is 12.1. The highest BCUT2D eigenvalue weighted by atomic mass is 35.5. The summed E-state index contributed by atoms with van der Waals surface area (Å²) in [6.07, 6.45) is 5.17. The van der Waals surface area contributed by atoms with Crippen LogP contribution in [-0.2, 0) is 21.2 Å². The van der Waals surface area contributed by atoms with E-state index in [2.05, 4.69) is 20.6 Å². The SMILES string of the molecule is NC(=N[C@@H](Cc1ccc(NC(=O)c2c(Cl)cncc2Cl)cc1)C(=O)O)Nc1ccccc1S(=O)(=O)N1CCCCC1. The van der Waals surface area contributed by atoms with Crippen LogP contribution in [-0.4, -0.2) is 59.8 Å². The van der Waals surface area contributed by atoms with Crippen LogP contribution in [0.25, 0.3) is 0 Å². The van der Waals surface area contributed by atoms with Crippen LogP contribution in [0.15, 0.2) is 70.8 Å². The molecule has 1 atom stereocenters. The van der Waals surface area contributed by atoms with Gasteiger partial charge in [0.05, 0.1) is 21.3 Å². The molecule has 11 nitrogen and oxygen atoms in total. The lowest BCUT2D eigenvalue weighted by Crippen LogP contribution is -2.36. The molecule has 3 aromatic rings. The highest BCUT2D eigenvalue weighted by Gasteiger charge is 2.28. The third kappa shape index (κ3) is 7.53. The molecule has 0 bridgehead atoms. The molecule has 1 aromatic heterocycles. The standard InChI is InChI=1S/C27H28Cl2N6O5S/c28-19-15-31-16-20(29)24(19)25(36)32-18-10-8-17(9-11-18)14-22(26(37)38)34-27(30)33-21-6-2-3-7-23(21)41(39,40)35-12-4-1-5-13-35/h2-3,6-11,15-16,22H,1,4-5,12-14H2,(H,32,36)(H,37,38)(H3,30,33,34)/t22-/m0/s1. The van der Waals surface area contributed by atoms with Gasteiger partial charge in [-0.3, -0.25) is 9.78 Å². The molecule has 14 heteroatoms. The average molecular weight is 620 g/mol. The first-order valence-electron chi connectivity index (χ1n) is 12.7. The Bertz CT molecular complexity index is 1540. The second kappa shape index (κ2) is 13.3. The fourth-order valence-electron chi connectivity index (χ4n) is 4.33. The number of carboxylic acid groups (broad SMARTS) is 1. The largest absolute Gasteiger partial charge is 0.480 e. The average Bonchev–Trinajstić information content (AvgIpc) is 2.94. The van der Waals surface area contributed by atoms with E-state index in [0.717, 1.165) is 19.3 Å². The Kier molecular flexibility index (Phi) is 9.81. The number of aromatic nitrogens is 1. The predicted molar refractivity (Wildman–Crippen MR) is 158 cm³/mol. The van der Waals surface area contributed by atoms with Gasteiger partial charge in [-0.05, 0) is 42.7 Å². The molecule has 1 amide bonds. The lowest BCUT2D eigenvalue weighted by Gasteiger charge is -2.26. The lowest BCUT2D eigenvalue weighted by atomic mass is 10.1. The topological polar surface area (TPSA) is 167 Å². The number of carbonyl (C=O) groups is 2. The van der Waals surface area contributed by atoms with Crippen LogP contribution in [0.3, 0.4) is 0 Å². The van der Waals surface area contributed by atoms with E-state index < -0.39 is 27.9 Å². The van der Waals surface area contributed by atoms with Crippen molar-refractivity contribution in [2.75, 3.05) is 23.7 Å². The smallest absolute Gasteiger partial charge is 0.328 e. The minimum Gasteiger partial charge on any atom is -0.480 e. The van der Waals surface area contributed by atoms with E-state index in [-0.39, 0.29) is 38.6 Å². The van der Waals surface area contributed by atoms with Gasteiger partial charge in [-0.25, -0.2) is 18.2 Å². The maximum Gasteiger partial charge on any atom is 0.328 e. The van der Waals surface area contributed by atoms with Crippen molar-refractivity contribution < 1.29 is 23.1 Å². The Morgan fingerprint density at radius 1 is 1.00 bits per heavy atom. The zero-order valence-corrected chi connectivity index (χ0v) is 24.1. The number of benzene rings is 2. The first-order valence-corrected chi connectivity index (χ1v) is 14.9. The second-order valence-electron chi connectivity index (χ2n) is 9.29. The molecular formula is C27H28Cl2N6O5S. The summed E-state index contributed by atoms with van der Waals surface area (Å²) in [6, 6.07) is 11.5. The Labute approximate surface area is 247 Å². The van der Waals surface area contributed by atoms with Crippen LogP contribution in [0.5, 0.6) is 0 Å². The Balaban J connectivity index is 1.46. The number of nitrogens with two attached hydrogens (primary N) is 1. The number of nitrogens with one attached hydrogen (secondary N) is 2. The number of anilines is 2. The van der Waals surface area contributed by atoms with Gasteiger partial charge in [-0.1, -0.05) is 53.9 Å². The Morgan fingerprint density at radius 2 is 1.63 bits per heavy atom. The van der Waals surface area contributed by atoms with Crippen molar-refractivity contribution in [3.05, 3.63) is 82.1 Å². The lowest BCUT2D eigenvalue weighted by molar-refractivity contribution is -0.138. The highest BCUT2D eigenvalue weighted by Crippen LogP contribution is 2.27. The van der Waals surface area contributed by atoms with E-state index in [1.807, 2.05) is 0 Å². The number of hydrogen-bond acceptors (Lipinski definition) is 6. The molecule has 1 saturated heterocycles. The van der Waals surface area contributed by atoms with E-state index >= 15 is 0 Å². The van der Waals surface area contributed by atoms with Gasteiger partial charge in [0, 0.05) is 37.6 Å². The number of sulfonamides is 1. The fraction of sp³-hybridized carbons (Fsp3) is 0.259. The fourth-order valence-corrected chi connectivity index (χ4v) is 6.54. The number of hydrogen-bond donors (Lipinski definition) is 4. The number of piperidine rings is 1. The Morgan fingerprint density at radius 3 is 2.27 bits per heavy atom. The van der Waals surface area contributed by atoms with Crippen LogP contribution in [0.4, 0.5) is 11.4 Å². The summed E-state index contributed by atoms with van der Waals surface area (Å²) < 4.78 is 27.9. The molecular weight excluding hydrogens is 591 g/mol. The van der Waals surface area contributed by atoms with Gasteiger partial charge in [-0.15, -0.1) is 0 Å². The zero-order valence-electron chi connectivity index (χ0n) is 21.8. The number of carboxylic acids is 1. The molecule has 4 rings (SSSR count). The minimum absolute atomic E-state index is 0.0122. The van der Waals surface area contributed by atoms with Crippen LogP contribution in [0.2, 0.25) is 10.0 Å². The van der Waals surface area contributed by atoms with Crippen molar-refractivity contribution in [3.8, 4) is 0 Å². The highest BCUT2D eigenvalue weighted by molar-refractivity contribution is 7.89. The number of amides is 1. The summed E-state index contributed by atoms with van der Waals surface area (Å²) in [6.45, 7) is 0.879. The summed E-state index contributed by atoms with van der Waals surface area (Å²) in [5.41, 5.74) is 7.38. The molecule has 5 N–H and O–H groups in total. The van der Waals surface area contributed by atoms with Gasteiger partial charge in [0.2, 0.25) is 10.0 Å². The van der Waals surface area contributed by atoms with Crippen molar-refractivity contribution in [3.63, 3.8) is 0 Å². The van der Waals surface area contributed by atoms with Crippen molar-refractivity contribution in [1.29, 1.82) is 0 Å². The number of rotatable bonds is 9. The third-order valence-electron chi connectivity index (χ3n) is 6.38. The van der Waals surface area contributed by atoms with Gasteiger partial charge in [0.1, 0.15) is 4.90 Å². The predicted octanol–water partition coefficient (Wildman–Crippen LogP) is 4.24. The molecule has 216 valence electrons. The number of pyridine rings is 1. The minimum atomic E-state index is -3.77. The number of carbonyl (C=O) groups excluding carboxylic acids is 1. The molecule has 1 aliphatic rings. The molecule has 0 spiro atoms. The summed E-state index contributed by atoms with van der Waals surface area (Å²) in [5.74, 6) is -1.98. The number of halogens is 2. The van der Waals surface area contributed by atoms with Crippen LogP contribution >= 0.6 is 23.2 Å². The molecule has 1 fully saturated rings. The van der Waals surface area contributed by atoms with Crippen LogP contribution in [0, 0.1) is 0 Å². The summed E-state index contributed by atoms with van der Waals surface area (Å²) in [5, 5.41) is 15.4. The van der Waals surface area contributed by atoms with E-state index in [1.165, 1.54) is 22.8 Å². The Hall–Kier alpha value is -3.71. The maximum absolute atomic E-state index is 13.2. The first-order chi connectivity index (χ1) is 19.6. The van der Waals surface area contributed by atoms with E-state index in [1.54, 1.807) is 42.5 Å². The second-order valence-corrected chi connectivity index (χ2v) is 12.0. The van der Waals surface area contributed by atoms with Crippen molar-refractivity contribution >= 4 is 62.4 Å². The van der Waals surface area contributed by atoms with E-state index in [0.29, 0.717) is 24.3 Å². The van der Waals surface area contributed by atoms with Crippen LogP contribution < -0.4 is 16.4 Å². The molecule has 0 aliphatic carbocycles. The van der Waals surface area contributed by atoms with Crippen molar-refractivity contribution in [2.24, 2.45) is 10.7 Å². The molecule has 41 heavy (non-hydrogen) atoms. The molecule has 2 aromatic carbocycles. The summed E-state index contributed by atoms with van der Waals surface area (Å²) in [4.78, 5) is 32.5. The van der Waals surface area contributed by atoms with Gasteiger partial charge >= 0.3 is 5.97 Å². The van der Waals surface area contributed by atoms with Gasteiger partial charge in [-0.2, -0.15) is 4.31 Å². The molecule has 2 heterocycles. The third-order valence-corrected chi connectivity index (χ3v) is 8.91. The quantitative estimate of drug-likeness (QED) is 0.204. The molecule has 0 unspecified atom stereocenters. The van der Waals surface area contributed by atoms with Crippen molar-refractivity contribution in [2.45, 2.75) is 36.6 Å². The molecule has 0 radical (unpaired) electrons. The van der Waals surface area contributed by atoms with E-state index in [4.69, 9.17) is 28.9 Å². The molecule has 1 aliphatic heterocycles. The number of aliphatic carboxylic acids is 1. The van der Waals surface area contributed by atoms with Gasteiger partial charge < -0.3 is 21.5 Å². The maximum atomic E-state index is 13.2. The summed E-state index contributed by atoms with van der Waals surface area (Å²) in [7, 11) is -3.77. The zero-order chi connectivity index (χ0) is 29.6. The number of para-hydroxylation sites is 1.